The average Bonchev–Trinajstić information content (AvgIpc) is 2.87. The maximum absolute atomic E-state index is 11.9. The van der Waals surface area contributed by atoms with Crippen molar-refractivity contribution in [1.29, 1.82) is 0 Å². The Hall–Kier alpha value is -1.56. The van der Waals surface area contributed by atoms with Gasteiger partial charge in [0.2, 0.25) is 0 Å². The maximum Gasteiger partial charge on any atom is 0.410 e. The summed E-state index contributed by atoms with van der Waals surface area (Å²) in [6.07, 6.45) is 0.612. The van der Waals surface area contributed by atoms with Crippen molar-refractivity contribution >= 4 is 28.0 Å². The van der Waals surface area contributed by atoms with Crippen molar-refractivity contribution in [3.05, 3.63) is 34.3 Å². The van der Waals surface area contributed by atoms with Gasteiger partial charge in [0.25, 0.3) is 0 Å². The Kier molecular flexibility index (Phi) is 4.42. The predicted octanol–water partition coefficient (Wildman–Crippen LogP) is 2.63. The van der Waals surface area contributed by atoms with Crippen LogP contribution in [0, 0.1) is 0 Å². The van der Waals surface area contributed by atoms with Gasteiger partial charge in [0.05, 0.1) is 0 Å². The summed E-state index contributed by atoms with van der Waals surface area (Å²) in [7, 11) is 0. The van der Waals surface area contributed by atoms with Gasteiger partial charge < -0.3 is 9.84 Å². The molecule has 1 amide bonds. The van der Waals surface area contributed by atoms with Gasteiger partial charge in [0.15, 0.2) is 0 Å². The van der Waals surface area contributed by atoms with Crippen LogP contribution in [-0.4, -0.2) is 34.7 Å². The summed E-state index contributed by atoms with van der Waals surface area (Å²) in [6, 6.07) is 6.67. The topological polar surface area (TPSA) is 66.8 Å². The van der Waals surface area contributed by atoms with Gasteiger partial charge in [-0.15, -0.1) is 0 Å². The molecule has 2 rings (SSSR count). The van der Waals surface area contributed by atoms with Gasteiger partial charge in [0, 0.05) is 16.6 Å². The van der Waals surface area contributed by atoms with E-state index in [1.807, 2.05) is 24.3 Å². The molecule has 19 heavy (non-hydrogen) atoms. The van der Waals surface area contributed by atoms with E-state index in [1.54, 1.807) is 0 Å². The molecular weight excluding hydrogens is 314 g/mol. The summed E-state index contributed by atoms with van der Waals surface area (Å²) in [5.41, 5.74) is 0.849. The fraction of sp³-hybridized carbons (Fsp3) is 0.385. The summed E-state index contributed by atoms with van der Waals surface area (Å²) >= 11 is 3.37. The second-order valence-corrected chi connectivity index (χ2v) is 5.19. The molecule has 1 aromatic rings. The zero-order chi connectivity index (χ0) is 13.8. The zero-order valence-corrected chi connectivity index (χ0v) is 11.8. The van der Waals surface area contributed by atoms with Crippen LogP contribution in [0.2, 0.25) is 0 Å². The highest BCUT2D eigenvalue weighted by Gasteiger charge is 2.34. The van der Waals surface area contributed by atoms with Gasteiger partial charge in [-0.25, -0.2) is 9.59 Å². The third-order valence-corrected chi connectivity index (χ3v) is 3.85. The van der Waals surface area contributed by atoms with Crippen LogP contribution in [0.3, 0.4) is 0 Å². The minimum atomic E-state index is -0.977. The summed E-state index contributed by atoms with van der Waals surface area (Å²) in [5, 5.41) is 9.00. The van der Waals surface area contributed by atoms with Crippen LogP contribution in [0.25, 0.3) is 0 Å². The summed E-state index contributed by atoms with van der Waals surface area (Å²) < 4.78 is 6.03. The lowest BCUT2D eigenvalue weighted by molar-refractivity contribution is -0.141. The second kappa shape index (κ2) is 6.06. The van der Waals surface area contributed by atoms with Gasteiger partial charge in [-0.05, 0) is 18.9 Å². The van der Waals surface area contributed by atoms with E-state index in [0.29, 0.717) is 19.4 Å². The number of carbonyl (C=O) groups excluding carboxylic acids is 1. The molecule has 0 aliphatic carbocycles. The van der Waals surface area contributed by atoms with Crippen molar-refractivity contribution in [2.24, 2.45) is 0 Å². The monoisotopic (exact) mass is 327 g/mol. The van der Waals surface area contributed by atoms with Gasteiger partial charge in [0.1, 0.15) is 12.6 Å². The average molecular weight is 328 g/mol. The molecule has 6 heteroatoms. The summed E-state index contributed by atoms with van der Waals surface area (Å²) in [4.78, 5) is 24.1. The van der Waals surface area contributed by atoms with Gasteiger partial charge in [-0.3, -0.25) is 4.90 Å². The van der Waals surface area contributed by atoms with Crippen molar-refractivity contribution in [2.45, 2.75) is 25.5 Å². The fourth-order valence-corrected chi connectivity index (χ4v) is 2.48. The molecule has 0 spiro atoms. The first-order chi connectivity index (χ1) is 9.09. The highest BCUT2D eigenvalue weighted by atomic mass is 79.9. The number of halogens is 1. The van der Waals surface area contributed by atoms with E-state index in [9.17, 15) is 9.59 Å². The molecule has 0 radical (unpaired) electrons. The van der Waals surface area contributed by atoms with Crippen LogP contribution in [0.15, 0.2) is 28.7 Å². The largest absolute Gasteiger partial charge is 0.480 e. The van der Waals surface area contributed by atoms with Crippen LogP contribution in [-0.2, 0) is 16.1 Å². The molecule has 1 aromatic carbocycles. The van der Waals surface area contributed by atoms with Crippen molar-refractivity contribution < 1.29 is 19.4 Å². The van der Waals surface area contributed by atoms with Crippen molar-refractivity contribution in [1.82, 2.24) is 4.90 Å². The van der Waals surface area contributed by atoms with Crippen LogP contribution < -0.4 is 0 Å². The molecule has 1 fully saturated rings. The van der Waals surface area contributed by atoms with Crippen molar-refractivity contribution in [3.63, 3.8) is 0 Å². The van der Waals surface area contributed by atoms with E-state index in [-0.39, 0.29) is 6.61 Å². The molecule has 1 aliphatic rings. The number of hydrogen-bond donors (Lipinski definition) is 1. The van der Waals surface area contributed by atoms with Crippen molar-refractivity contribution in [2.75, 3.05) is 6.54 Å². The van der Waals surface area contributed by atoms with E-state index in [4.69, 9.17) is 9.84 Å². The first kappa shape index (κ1) is 13.9. The lowest BCUT2D eigenvalue weighted by Crippen LogP contribution is -2.40. The fourth-order valence-electron chi connectivity index (χ4n) is 2.08. The van der Waals surface area contributed by atoms with Gasteiger partial charge in [-0.1, -0.05) is 34.1 Å². The number of hydrogen-bond acceptors (Lipinski definition) is 3. The van der Waals surface area contributed by atoms with Crippen LogP contribution in [0.4, 0.5) is 4.79 Å². The van der Waals surface area contributed by atoms with E-state index < -0.39 is 18.1 Å². The SMILES string of the molecule is O=C(O)C1CCCN1C(=O)OCc1ccccc1Br. The number of nitrogens with zero attached hydrogens (tertiary/aromatic N) is 1. The maximum atomic E-state index is 11.9. The lowest BCUT2D eigenvalue weighted by Gasteiger charge is -2.20. The number of carbonyl (C=O) groups is 2. The first-order valence-corrected chi connectivity index (χ1v) is 6.78. The van der Waals surface area contributed by atoms with Crippen LogP contribution in [0.5, 0.6) is 0 Å². The molecule has 1 N–H and O–H groups in total. The Bertz CT molecular complexity index is 491. The standard InChI is InChI=1S/C13H14BrNO4/c14-10-5-2-1-4-9(10)8-19-13(18)15-7-3-6-11(15)12(16)17/h1-2,4-5,11H,3,6-8H2,(H,16,17). The Labute approximate surface area is 119 Å². The quantitative estimate of drug-likeness (QED) is 0.926. The van der Waals surface area contributed by atoms with Crippen molar-refractivity contribution in [3.8, 4) is 0 Å². The molecule has 0 bridgehead atoms. The minimum absolute atomic E-state index is 0.128. The number of amides is 1. The second-order valence-electron chi connectivity index (χ2n) is 4.34. The molecule has 1 aliphatic heterocycles. The minimum Gasteiger partial charge on any atom is -0.480 e. The number of aliphatic carboxylic acids is 1. The molecule has 1 saturated heterocycles. The first-order valence-electron chi connectivity index (χ1n) is 5.99. The lowest BCUT2D eigenvalue weighted by atomic mass is 10.2. The predicted molar refractivity (Wildman–Crippen MR) is 71.7 cm³/mol. The van der Waals surface area contributed by atoms with E-state index in [2.05, 4.69) is 15.9 Å². The molecule has 0 saturated carbocycles. The highest BCUT2D eigenvalue weighted by molar-refractivity contribution is 9.10. The van der Waals surface area contributed by atoms with E-state index in [0.717, 1.165) is 10.0 Å². The van der Waals surface area contributed by atoms with E-state index in [1.165, 1.54) is 4.90 Å². The van der Waals surface area contributed by atoms with E-state index >= 15 is 0 Å². The summed E-state index contributed by atoms with van der Waals surface area (Å²) in [5.74, 6) is -0.977. The molecule has 0 aromatic heterocycles. The Morgan fingerprint density at radius 1 is 1.42 bits per heavy atom. The molecule has 102 valence electrons. The number of benzene rings is 1. The van der Waals surface area contributed by atoms with Crippen LogP contribution >= 0.6 is 15.9 Å². The molecular formula is C13H14BrNO4. The smallest absolute Gasteiger partial charge is 0.410 e. The third-order valence-electron chi connectivity index (χ3n) is 3.08. The Morgan fingerprint density at radius 3 is 2.84 bits per heavy atom. The number of carboxylic acids is 1. The zero-order valence-electron chi connectivity index (χ0n) is 10.2. The third kappa shape index (κ3) is 3.26. The normalized spacial score (nSPS) is 18.4. The number of carboxylic acid groups (broad SMARTS) is 1. The van der Waals surface area contributed by atoms with Gasteiger partial charge >= 0.3 is 12.1 Å². The van der Waals surface area contributed by atoms with Gasteiger partial charge in [-0.2, -0.15) is 0 Å². The molecule has 5 nitrogen and oxygen atoms in total. The number of ether oxygens (including phenoxy) is 1. The number of likely N-dealkylation sites (tertiary alicyclic amines) is 1. The Balaban J connectivity index is 1.95. The molecule has 1 unspecified atom stereocenters. The molecule has 1 heterocycles. The molecule has 1 atom stereocenters. The Morgan fingerprint density at radius 2 is 2.16 bits per heavy atom. The van der Waals surface area contributed by atoms with Crippen LogP contribution in [0.1, 0.15) is 18.4 Å². The number of rotatable bonds is 3. The highest BCUT2D eigenvalue weighted by Crippen LogP contribution is 2.20. The summed E-state index contributed by atoms with van der Waals surface area (Å²) in [6.45, 7) is 0.564.